The SMILES string of the molecule is C=CCCC(NC(=O)c1cccnc1C(F)(F)F)C(=O)O. The molecule has 0 bridgehead atoms. The van der Waals surface area contributed by atoms with Crippen molar-refractivity contribution in [2.24, 2.45) is 0 Å². The summed E-state index contributed by atoms with van der Waals surface area (Å²) in [4.78, 5) is 26.0. The third kappa shape index (κ3) is 4.59. The lowest BCUT2D eigenvalue weighted by atomic mass is 10.1. The lowest BCUT2D eigenvalue weighted by molar-refractivity contribution is -0.141. The normalized spacial score (nSPS) is 12.5. The van der Waals surface area contributed by atoms with E-state index < -0.39 is 35.4 Å². The van der Waals surface area contributed by atoms with Crippen LogP contribution in [0.2, 0.25) is 0 Å². The van der Waals surface area contributed by atoms with E-state index in [0.717, 1.165) is 12.3 Å². The van der Waals surface area contributed by atoms with Gasteiger partial charge in [0.2, 0.25) is 0 Å². The van der Waals surface area contributed by atoms with Gasteiger partial charge in [-0.2, -0.15) is 13.2 Å². The molecule has 1 aromatic heterocycles. The van der Waals surface area contributed by atoms with Gasteiger partial charge in [0.15, 0.2) is 5.69 Å². The van der Waals surface area contributed by atoms with E-state index in [-0.39, 0.29) is 6.42 Å². The van der Waals surface area contributed by atoms with E-state index in [0.29, 0.717) is 6.42 Å². The number of aliphatic carboxylic acids is 1. The first kappa shape index (κ1) is 16.7. The Bertz CT molecular complexity index is 544. The first-order valence-corrected chi connectivity index (χ1v) is 5.94. The number of halogens is 3. The van der Waals surface area contributed by atoms with Crippen molar-refractivity contribution < 1.29 is 27.9 Å². The number of nitrogens with zero attached hydrogens (tertiary/aromatic N) is 1. The van der Waals surface area contributed by atoms with Crippen LogP contribution in [0.1, 0.15) is 28.9 Å². The molecule has 1 heterocycles. The first-order chi connectivity index (χ1) is 9.77. The average molecular weight is 302 g/mol. The zero-order valence-electron chi connectivity index (χ0n) is 10.9. The Morgan fingerprint density at radius 3 is 2.67 bits per heavy atom. The summed E-state index contributed by atoms with van der Waals surface area (Å²) < 4.78 is 38.2. The minimum atomic E-state index is -4.80. The van der Waals surface area contributed by atoms with Crippen molar-refractivity contribution >= 4 is 11.9 Å². The summed E-state index contributed by atoms with van der Waals surface area (Å²) in [5.74, 6) is -2.46. The number of nitrogens with one attached hydrogen (secondary N) is 1. The molecule has 0 aromatic carbocycles. The number of hydrogen-bond donors (Lipinski definition) is 2. The van der Waals surface area contributed by atoms with Crippen molar-refractivity contribution in [1.82, 2.24) is 10.3 Å². The van der Waals surface area contributed by atoms with Crippen LogP contribution in [0.25, 0.3) is 0 Å². The Labute approximate surface area is 118 Å². The Morgan fingerprint density at radius 1 is 1.48 bits per heavy atom. The predicted molar refractivity (Wildman–Crippen MR) is 67.6 cm³/mol. The van der Waals surface area contributed by atoms with Crippen LogP contribution in [0.3, 0.4) is 0 Å². The number of hydrogen-bond acceptors (Lipinski definition) is 3. The van der Waals surface area contributed by atoms with Gasteiger partial charge < -0.3 is 10.4 Å². The van der Waals surface area contributed by atoms with Crippen LogP contribution in [0.4, 0.5) is 13.2 Å². The smallest absolute Gasteiger partial charge is 0.434 e. The molecule has 0 aliphatic carbocycles. The fourth-order valence-electron chi connectivity index (χ4n) is 1.59. The molecule has 8 heteroatoms. The lowest BCUT2D eigenvalue weighted by Crippen LogP contribution is -2.41. The van der Waals surface area contributed by atoms with E-state index in [2.05, 4.69) is 16.9 Å². The molecule has 0 saturated carbocycles. The highest BCUT2D eigenvalue weighted by Crippen LogP contribution is 2.29. The van der Waals surface area contributed by atoms with Crippen LogP contribution >= 0.6 is 0 Å². The summed E-state index contributed by atoms with van der Waals surface area (Å²) >= 11 is 0. The number of carbonyl (C=O) groups is 2. The van der Waals surface area contributed by atoms with E-state index in [1.165, 1.54) is 12.1 Å². The highest BCUT2D eigenvalue weighted by Gasteiger charge is 2.37. The summed E-state index contributed by atoms with van der Waals surface area (Å²) in [6.45, 7) is 3.41. The van der Waals surface area contributed by atoms with E-state index >= 15 is 0 Å². The van der Waals surface area contributed by atoms with Gasteiger partial charge >= 0.3 is 12.1 Å². The lowest BCUT2D eigenvalue weighted by Gasteiger charge is -2.15. The van der Waals surface area contributed by atoms with E-state index in [1.807, 2.05) is 0 Å². The first-order valence-electron chi connectivity index (χ1n) is 5.94. The van der Waals surface area contributed by atoms with Gasteiger partial charge in [0.25, 0.3) is 5.91 Å². The number of allylic oxidation sites excluding steroid dienone is 1. The van der Waals surface area contributed by atoms with Crippen LogP contribution < -0.4 is 5.32 Å². The number of alkyl halides is 3. The summed E-state index contributed by atoms with van der Waals surface area (Å²) in [6, 6.07) is 0.818. The maximum Gasteiger partial charge on any atom is 0.434 e. The second-order valence-corrected chi connectivity index (χ2v) is 4.13. The fourth-order valence-corrected chi connectivity index (χ4v) is 1.59. The average Bonchev–Trinajstić information content (AvgIpc) is 2.42. The molecule has 0 radical (unpaired) electrons. The van der Waals surface area contributed by atoms with Gasteiger partial charge in [-0.25, -0.2) is 4.79 Å². The van der Waals surface area contributed by atoms with E-state index in [9.17, 15) is 22.8 Å². The van der Waals surface area contributed by atoms with Crippen molar-refractivity contribution in [2.75, 3.05) is 0 Å². The fraction of sp³-hybridized carbons (Fsp3) is 0.308. The number of carboxylic acids is 1. The number of carboxylic acid groups (broad SMARTS) is 1. The molecule has 0 aliphatic heterocycles. The van der Waals surface area contributed by atoms with E-state index in [1.54, 1.807) is 0 Å². The highest BCUT2D eigenvalue weighted by atomic mass is 19.4. The van der Waals surface area contributed by atoms with Crippen molar-refractivity contribution in [3.05, 3.63) is 42.2 Å². The van der Waals surface area contributed by atoms with Crippen molar-refractivity contribution in [1.29, 1.82) is 0 Å². The molecule has 1 aromatic rings. The number of carbonyl (C=O) groups excluding carboxylic acids is 1. The van der Waals surface area contributed by atoms with Gasteiger partial charge in [-0.3, -0.25) is 9.78 Å². The maximum atomic E-state index is 12.7. The van der Waals surface area contributed by atoms with Gasteiger partial charge in [0.1, 0.15) is 6.04 Å². The van der Waals surface area contributed by atoms with Crippen LogP contribution in [0.5, 0.6) is 0 Å². The molecule has 1 amide bonds. The molecular formula is C13H13F3N2O3. The molecule has 114 valence electrons. The molecule has 21 heavy (non-hydrogen) atoms. The van der Waals surface area contributed by atoms with Crippen LogP contribution in [-0.2, 0) is 11.0 Å². The predicted octanol–water partition coefficient (Wildman–Crippen LogP) is 2.25. The summed E-state index contributed by atoms with van der Waals surface area (Å²) in [7, 11) is 0. The Balaban J connectivity index is 2.98. The van der Waals surface area contributed by atoms with E-state index in [4.69, 9.17) is 5.11 Å². The largest absolute Gasteiger partial charge is 0.480 e. The molecule has 0 saturated heterocycles. The monoisotopic (exact) mass is 302 g/mol. The molecule has 1 atom stereocenters. The molecule has 0 fully saturated rings. The molecule has 1 unspecified atom stereocenters. The van der Waals surface area contributed by atoms with Crippen molar-refractivity contribution in [2.45, 2.75) is 25.1 Å². The van der Waals surface area contributed by atoms with Gasteiger partial charge in [0.05, 0.1) is 5.56 Å². The zero-order chi connectivity index (χ0) is 16.0. The molecule has 2 N–H and O–H groups in total. The van der Waals surface area contributed by atoms with Gasteiger partial charge in [0, 0.05) is 6.20 Å². The third-order valence-electron chi connectivity index (χ3n) is 2.58. The highest BCUT2D eigenvalue weighted by molar-refractivity contribution is 5.97. The molecule has 0 aliphatic rings. The summed E-state index contributed by atoms with van der Waals surface area (Å²) in [5, 5.41) is 11.0. The van der Waals surface area contributed by atoms with Crippen molar-refractivity contribution in [3.63, 3.8) is 0 Å². The third-order valence-corrected chi connectivity index (χ3v) is 2.58. The van der Waals surface area contributed by atoms with Crippen molar-refractivity contribution in [3.8, 4) is 0 Å². The summed E-state index contributed by atoms with van der Waals surface area (Å²) in [5.41, 5.74) is -2.06. The second-order valence-electron chi connectivity index (χ2n) is 4.13. The molecule has 1 rings (SSSR count). The Hall–Kier alpha value is -2.38. The zero-order valence-corrected chi connectivity index (χ0v) is 10.9. The van der Waals surface area contributed by atoms with Crippen LogP contribution in [-0.4, -0.2) is 28.0 Å². The van der Waals surface area contributed by atoms with Gasteiger partial charge in [-0.15, -0.1) is 6.58 Å². The molecule has 5 nitrogen and oxygen atoms in total. The maximum absolute atomic E-state index is 12.7. The standard InChI is InChI=1S/C13H13F3N2O3/c1-2-3-6-9(12(20)21)18-11(19)8-5-4-7-17-10(8)13(14,15)16/h2,4-5,7,9H,1,3,6H2,(H,18,19)(H,20,21). The molecular weight excluding hydrogens is 289 g/mol. The van der Waals surface area contributed by atoms with Gasteiger partial charge in [-0.1, -0.05) is 6.08 Å². The van der Waals surface area contributed by atoms with Crippen LogP contribution in [0.15, 0.2) is 31.0 Å². The Morgan fingerprint density at radius 2 is 2.14 bits per heavy atom. The van der Waals surface area contributed by atoms with Gasteiger partial charge in [-0.05, 0) is 25.0 Å². The number of aromatic nitrogens is 1. The minimum absolute atomic E-state index is 0.0339. The molecule has 0 spiro atoms. The Kier molecular flexibility index (Phi) is 5.45. The number of pyridine rings is 1. The number of amides is 1. The topological polar surface area (TPSA) is 79.3 Å². The number of rotatable bonds is 6. The second kappa shape index (κ2) is 6.87. The summed E-state index contributed by atoms with van der Waals surface area (Å²) in [6.07, 6.45) is -2.10. The quantitative estimate of drug-likeness (QED) is 0.790. The minimum Gasteiger partial charge on any atom is -0.480 e. The van der Waals surface area contributed by atoms with Crippen LogP contribution in [0, 0.1) is 0 Å².